The topological polar surface area (TPSA) is 45.6 Å². The molecular weight excluding hydrogens is 235 g/mol. The Morgan fingerprint density at radius 1 is 1.39 bits per heavy atom. The van der Waals surface area contributed by atoms with Crippen LogP contribution < -0.4 is 0 Å². The van der Waals surface area contributed by atoms with E-state index < -0.39 is 11.4 Å². The summed E-state index contributed by atoms with van der Waals surface area (Å²) in [6, 6.07) is 1.76. The number of hydrogen-bond donors (Lipinski definition) is 1. The van der Waals surface area contributed by atoms with Gasteiger partial charge in [0.05, 0.1) is 25.0 Å². The number of rotatable bonds is 1. The number of halogens is 1. The third kappa shape index (κ3) is 1.92. The zero-order valence-electron chi connectivity index (χ0n) is 10.3. The molecule has 2 atom stereocenters. The van der Waals surface area contributed by atoms with Crippen LogP contribution in [0.3, 0.4) is 0 Å². The van der Waals surface area contributed by atoms with Crippen LogP contribution in [0, 0.1) is 5.82 Å². The molecular formula is C13H17FN2O2. The maximum absolute atomic E-state index is 13.3. The lowest BCUT2D eigenvalue weighted by Crippen LogP contribution is -2.59. The summed E-state index contributed by atoms with van der Waals surface area (Å²) >= 11 is 0. The van der Waals surface area contributed by atoms with Crippen molar-refractivity contribution in [1.29, 1.82) is 0 Å². The molecule has 2 aliphatic rings. The molecule has 0 radical (unpaired) electrons. The van der Waals surface area contributed by atoms with Crippen molar-refractivity contribution in [2.24, 2.45) is 0 Å². The number of aliphatic hydroxyl groups is 1. The molecule has 1 aromatic rings. The predicted octanol–water partition coefficient (Wildman–Crippen LogP) is 0.901. The number of nitrogens with zero attached hydrogens (tertiary/aromatic N) is 2. The minimum absolute atomic E-state index is 0.186. The zero-order chi connectivity index (χ0) is 12.8. The minimum atomic E-state index is -0.985. The van der Waals surface area contributed by atoms with Gasteiger partial charge in [-0.15, -0.1) is 0 Å². The normalized spacial score (nSPS) is 36.6. The number of hydrogen-bond acceptors (Lipinski definition) is 4. The molecule has 0 aliphatic carbocycles. The molecule has 0 aromatic carbocycles. The van der Waals surface area contributed by atoms with Crippen LogP contribution in [0.25, 0.3) is 0 Å². The van der Waals surface area contributed by atoms with Crippen LogP contribution in [0.2, 0.25) is 0 Å². The third-order valence-electron chi connectivity index (χ3n) is 4.16. The number of pyridine rings is 1. The van der Waals surface area contributed by atoms with Gasteiger partial charge in [0.2, 0.25) is 0 Å². The van der Waals surface area contributed by atoms with Crippen molar-refractivity contribution in [2.75, 3.05) is 20.3 Å². The van der Waals surface area contributed by atoms with Crippen molar-refractivity contribution in [3.63, 3.8) is 0 Å². The Morgan fingerprint density at radius 2 is 2.06 bits per heavy atom. The number of likely N-dealkylation sites (N-methyl/N-ethyl adjacent to an activating group) is 1. The van der Waals surface area contributed by atoms with Crippen molar-refractivity contribution in [2.45, 2.75) is 30.5 Å². The number of ether oxygens (including phenoxy) is 1. The number of fused-ring (bicyclic) bond motifs is 2. The molecule has 1 N–H and O–H groups in total. The van der Waals surface area contributed by atoms with Gasteiger partial charge in [0.25, 0.3) is 0 Å². The largest absolute Gasteiger partial charge is 0.385 e. The molecule has 1 aromatic heterocycles. The second-order valence-corrected chi connectivity index (χ2v) is 5.34. The third-order valence-corrected chi connectivity index (χ3v) is 4.16. The van der Waals surface area contributed by atoms with E-state index in [-0.39, 0.29) is 12.1 Å². The Labute approximate surface area is 105 Å². The van der Waals surface area contributed by atoms with E-state index in [4.69, 9.17) is 4.74 Å². The summed E-state index contributed by atoms with van der Waals surface area (Å²) in [6.07, 6.45) is 3.84. The molecule has 5 heteroatoms. The predicted molar refractivity (Wildman–Crippen MR) is 63.5 cm³/mol. The Bertz CT molecular complexity index is 440. The Morgan fingerprint density at radius 3 is 2.67 bits per heavy atom. The molecule has 18 heavy (non-hydrogen) atoms. The molecule has 0 spiro atoms. The summed E-state index contributed by atoms with van der Waals surface area (Å²) in [7, 11) is 2.06. The maximum Gasteiger partial charge on any atom is 0.141 e. The quantitative estimate of drug-likeness (QED) is 0.806. The summed E-state index contributed by atoms with van der Waals surface area (Å²) in [6.45, 7) is 1.25. The van der Waals surface area contributed by atoms with E-state index in [1.807, 2.05) is 0 Å². The number of aromatic nitrogens is 1. The summed E-state index contributed by atoms with van der Waals surface area (Å²) in [5.74, 6) is -0.402. The van der Waals surface area contributed by atoms with Gasteiger partial charge in [-0.25, -0.2) is 4.39 Å². The molecule has 3 rings (SSSR count). The fourth-order valence-corrected chi connectivity index (χ4v) is 3.04. The molecule has 0 amide bonds. The van der Waals surface area contributed by atoms with Crippen molar-refractivity contribution in [3.8, 4) is 0 Å². The van der Waals surface area contributed by atoms with Crippen LogP contribution >= 0.6 is 0 Å². The highest BCUT2D eigenvalue weighted by Crippen LogP contribution is 2.40. The second-order valence-electron chi connectivity index (χ2n) is 5.34. The monoisotopic (exact) mass is 252 g/mol. The first-order chi connectivity index (χ1) is 8.58. The fraction of sp³-hybridized carbons (Fsp3) is 0.615. The van der Waals surface area contributed by atoms with Crippen molar-refractivity contribution >= 4 is 0 Å². The smallest absolute Gasteiger partial charge is 0.141 e. The van der Waals surface area contributed by atoms with Crippen LogP contribution in [0.4, 0.5) is 4.39 Å². The Hall–Kier alpha value is -1.04. The summed E-state index contributed by atoms with van der Waals surface area (Å²) in [4.78, 5) is 6.09. The Kier molecular flexibility index (Phi) is 2.84. The van der Waals surface area contributed by atoms with Gasteiger partial charge >= 0.3 is 0 Å². The molecule has 2 aliphatic heterocycles. The van der Waals surface area contributed by atoms with Crippen LogP contribution in [-0.2, 0) is 10.3 Å². The van der Waals surface area contributed by atoms with Crippen molar-refractivity contribution < 1.29 is 14.2 Å². The van der Waals surface area contributed by atoms with Crippen LogP contribution in [-0.4, -0.2) is 47.3 Å². The fourth-order valence-electron chi connectivity index (χ4n) is 3.04. The first kappa shape index (κ1) is 12.0. The summed E-state index contributed by atoms with van der Waals surface area (Å²) in [5, 5.41) is 10.8. The van der Waals surface area contributed by atoms with Crippen LogP contribution in [0.1, 0.15) is 18.4 Å². The van der Waals surface area contributed by atoms with E-state index in [0.717, 1.165) is 6.20 Å². The van der Waals surface area contributed by atoms with E-state index >= 15 is 0 Å². The highest BCUT2D eigenvalue weighted by molar-refractivity contribution is 5.21. The first-order valence-corrected chi connectivity index (χ1v) is 6.21. The van der Waals surface area contributed by atoms with E-state index in [2.05, 4.69) is 16.9 Å². The maximum atomic E-state index is 13.3. The van der Waals surface area contributed by atoms with E-state index in [1.165, 1.54) is 6.07 Å². The minimum Gasteiger partial charge on any atom is -0.385 e. The lowest BCUT2D eigenvalue weighted by atomic mass is 9.77. The zero-order valence-corrected chi connectivity index (χ0v) is 10.3. The van der Waals surface area contributed by atoms with Gasteiger partial charge in [0.15, 0.2) is 0 Å². The molecule has 2 bridgehead atoms. The van der Waals surface area contributed by atoms with Crippen LogP contribution in [0.5, 0.6) is 0 Å². The molecule has 2 fully saturated rings. The van der Waals surface area contributed by atoms with Crippen LogP contribution in [0.15, 0.2) is 18.5 Å². The SMILES string of the molecule is CN1C2COCC1CC(O)(c1cncc(F)c1)C2. The molecule has 98 valence electrons. The highest BCUT2D eigenvalue weighted by atomic mass is 19.1. The molecule has 2 unspecified atom stereocenters. The van der Waals surface area contributed by atoms with Gasteiger partial charge < -0.3 is 9.84 Å². The summed E-state index contributed by atoms with van der Waals surface area (Å²) in [5.41, 5.74) is -0.409. The second kappa shape index (κ2) is 4.26. The van der Waals surface area contributed by atoms with Crippen molar-refractivity contribution in [1.82, 2.24) is 9.88 Å². The first-order valence-electron chi connectivity index (χ1n) is 6.21. The lowest BCUT2D eigenvalue weighted by molar-refractivity contribution is -0.138. The van der Waals surface area contributed by atoms with E-state index in [1.54, 1.807) is 6.20 Å². The van der Waals surface area contributed by atoms with Gasteiger partial charge in [-0.05, 0) is 26.0 Å². The van der Waals surface area contributed by atoms with Gasteiger partial charge in [-0.3, -0.25) is 9.88 Å². The van der Waals surface area contributed by atoms with Gasteiger partial charge in [-0.1, -0.05) is 0 Å². The summed E-state index contributed by atoms with van der Waals surface area (Å²) < 4.78 is 18.8. The van der Waals surface area contributed by atoms with Crippen molar-refractivity contribution in [3.05, 3.63) is 29.8 Å². The Balaban J connectivity index is 1.92. The molecule has 3 heterocycles. The molecule has 0 saturated carbocycles. The average Bonchev–Trinajstić information content (AvgIpc) is 2.31. The standard InChI is InChI=1S/C13H17FN2O2/c1-16-11-3-13(17,4-12(16)8-18-7-11)9-2-10(14)6-15-5-9/h2,5-6,11-12,17H,3-4,7-8H2,1H3. The lowest BCUT2D eigenvalue weighted by Gasteiger charge is -2.50. The van der Waals surface area contributed by atoms with Gasteiger partial charge in [0.1, 0.15) is 5.82 Å². The van der Waals surface area contributed by atoms with E-state index in [0.29, 0.717) is 31.6 Å². The molecule has 4 nitrogen and oxygen atoms in total. The van der Waals surface area contributed by atoms with E-state index in [9.17, 15) is 9.50 Å². The number of morpholine rings is 1. The average molecular weight is 252 g/mol. The highest BCUT2D eigenvalue weighted by Gasteiger charge is 2.45. The molecule has 2 saturated heterocycles. The van der Waals surface area contributed by atoms with Gasteiger partial charge in [-0.2, -0.15) is 0 Å². The van der Waals surface area contributed by atoms with Gasteiger partial charge in [0, 0.05) is 23.8 Å². The number of piperidine rings is 1.